The van der Waals surface area contributed by atoms with Crippen molar-refractivity contribution in [3.8, 4) is 5.75 Å². The number of urea groups is 1. The highest BCUT2D eigenvalue weighted by molar-refractivity contribution is 5.99. The van der Waals surface area contributed by atoms with Gasteiger partial charge >= 0.3 is 6.03 Å². The summed E-state index contributed by atoms with van der Waals surface area (Å²) in [5, 5.41) is 9.10. The van der Waals surface area contributed by atoms with Crippen LogP contribution in [0, 0.1) is 6.92 Å². The third-order valence-electron chi connectivity index (χ3n) is 4.56. The number of nitrogens with one attached hydrogen (secondary N) is 2. The first-order chi connectivity index (χ1) is 14.4. The van der Waals surface area contributed by atoms with Crippen molar-refractivity contribution in [3.05, 3.63) is 41.8 Å². The molecule has 1 fully saturated rings. The summed E-state index contributed by atoms with van der Waals surface area (Å²) >= 11 is 0. The zero-order chi connectivity index (χ0) is 21.7. The van der Waals surface area contributed by atoms with Crippen molar-refractivity contribution in [2.24, 2.45) is 5.73 Å². The van der Waals surface area contributed by atoms with Gasteiger partial charge in [-0.05, 0) is 31.2 Å². The topological polar surface area (TPSA) is 143 Å². The van der Waals surface area contributed by atoms with Crippen LogP contribution in [0.25, 0.3) is 0 Å². The number of amides is 4. The second kappa shape index (κ2) is 9.27. The molecule has 1 atom stereocenters. The Kier molecular flexibility index (Phi) is 6.52. The number of hydrogen-bond donors (Lipinski definition) is 3. The van der Waals surface area contributed by atoms with Crippen LogP contribution in [0.5, 0.6) is 5.75 Å². The van der Waals surface area contributed by atoms with Gasteiger partial charge in [-0.2, -0.15) is 0 Å². The van der Waals surface area contributed by atoms with Gasteiger partial charge in [0.15, 0.2) is 11.9 Å². The van der Waals surface area contributed by atoms with E-state index in [2.05, 4.69) is 15.8 Å². The molecular formula is C19H24N6O5. The average Bonchev–Trinajstić information content (AvgIpc) is 3.38. The highest BCUT2D eigenvalue weighted by Crippen LogP contribution is 2.21. The van der Waals surface area contributed by atoms with E-state index in [-0.39, 0.29) is 31.9 Å². The number of carbonyl (C=O) groups excluding carboxylic acids is 3. The first-order valence-corrected chi connectivity index (χ1v) is 9.38. The quantitative estimate of drug-likeness (QED) is 0.618. The van der Waals surface area contributed by atoms with Gasteiger partial charge in [-0.25, -0.2) is 4.79 Å². The molecule has 1 aliphatic rings. The monoisotopic (exact) mass is 416 g/mol. The third-order valence-corrected chi connectivity index (χ3v) is 4.56. The first kappa shape index (κ1) is 21.1. The number of anilines is 1. The molecule has 160 valence electrons. The lowest BCUT2D eigenvalue weighted by Crippen LogP contribution is -2.55. The average molecular weight is 416 g/mol. The number of rotatable bonds is 6. The van der Waals surface area contributed by atoms with E-state index in [4.69, 9.17) is 15.0 Å². The lowest BCUT2D eigenvalue weighted by molar-refractivity contribution is -0.127. The standard InChI is InChI=1S/C19H24N6O5/c1-12-11-15(23-30-12)18(27)24-9-10-25(17(24)16(26)21-8-7-20)19(28)22-13-3-5-14(29-2)6-4-13/h3-6,11,17H,7-10,20H2,1-2H3,(H,21,26)(H,22,28). The summed E-state index contributed by atoms with van der Waals surface area (Å²) in [6, 6.07) is 7.73. The van der Waals surface area contributed by atoms with Gasteiger partial charge in [0, 0.05) is 37.9 Å². The summed E-state index contributed by atoms with van der Waals surface area (Å²) in [7, 11) is 1.55. The molecule has 0 saturated carbocycles. The maximum absolute atomic E-state index is 12.9. The van der Waals surface area contributed by atoms with Crippen LogP contribution in [-0.2, 0) is 4.79 Å². The van der Waals surface area contributed by atoms with Crippen molar-refractivity contribution in [3.63, 3.8) is 0 Å². The number of hydrogen-bond acceptors (Lipinski definition) is 7. The van der Waals surface area contributed by atoms with Crippen molar-refractivity contribution in [2.45, 2.75) is 13.1 Å². The van der Waals surface area contributed by atoms with Gasteiger partial charge in [0.05, 0.1) is 7.11 Å². The smallest absolute Gasteiger partial charge is 0.323 e. The highest BCUT2D eigenvalue weighted by Gasteiger charge is 2.43. The number of nitrogens with two attached hydrogens (primary N) is 1. The van der Waals surface area contributed by atoms with Crippen molar-refractivity contribution < 1.29 is 23.6 Å². The van der Waals surface area contributed by atoms with E-state index in [1.165, 1.54) is 15.9 Å². The van der Waals surface area contributed by atoms with Crippen LogP contribution in [0.2, 0.25) is 0 Å². The summed E-state index contributed by atoms with van der Waals surface area (Å²) < 4.78 is 10.1. The molecular weight excluding hydrogens is 392 g/mol. The van der Waals surface area contributed by atoms with Crippen molar-refractivity contribution in [2.75, 3.05) is 38.6 Å². The minimum absolute atomic E-state index is 0.0709. The molecule has 0 bridgehead atoms. The number of nitrogens with zero attached hydrogens (tertiary/aromatic N) is 3. The van der Waals surface area contributed by atoms with Gasteiger partial charge in [0.1, 0.15) is 11.5 Å². The van der Waals surface area contributed by atoms with Crippen LogP contribution in [0.3, 0.4) is 0 Å². The summed E-state index contributed by atoms with van der Waals surface area (Å²) in [4.78, 5) is 41.1. The second-order valence-corrected chi connectivity index (χ2v) is 6.63. The number of carbonyl (C=O) groups is 3. The molecule has 11 heteroatoms. The Morgan fingerprint density at radius 3 is 2.53 bits per heavy atom. The van der Waals surface area contributed by atoms with Crippen molar-refractivity contribution in [1.29, 1.82) is 0 Å². The number of aromatic nitrogens is 1. The molecule has 3 rings (SSSR count). The Morgan fingerprint density at radius 2 is 1.93 bits per heavy atom. The number of methoxy groups -OCH3 is 1. The Hall–Kier alpha value is -3.60. The van der Waals surface area contributed by atoms with Crippen LogP contribution in [-0.4, -0.2) is 72.3 Å². The molecule has 1 aromatic carbocycles. The minimum Gasteiger partial charge on any atom is -0.497 e. The van der Waals surface area contributed by atoms with E-state index in [9.17, 15) is 14.4 Å². The van der Waals surface area contributed by atoms with Gasteiger partial charge in [-0.1, -0.05) is 5.16 Å². The Bertz CT molecular complexity index is 912. The van der Waals surface area contributed by atoms with Crippen LogP contribution in [0.15, 0.2) is 34.9 Å². The maximum Gasteiger partial charge on any atom is 0.323 e. The summed E-state index contributed by atoms with van der Waals surface area (Å²) in [6.07, 6.45) is -1.14. The molecule has 1 aliphatic heterocycles. The van der Waals surface area contributed by atoms with E-state index in [0.717, 1.165) is 0 Å². The summed E-state index contributed by atoms with van der Waals surface area (Å²) in [5.41, 5.74) is 6.06. The fourth-order valence-corrected chi connectivity index (χ4v) is 3.11. The Labute approximate surface area is 173 Å². The van der Waals surface area contributed by atoms with Crippen molar-refractivity contribution in [1.82, 2.24) is 20.3 Å². The van der Waals surface area contributed by atoms with E-state index in [1.807, 2.05) is 0 Å². The first-order valence-electron chi connectivity index (χ1n) is 9.38. The van der Waals surface area contributed by atoms with E-state index < -0.39 is 24.0 Å². The predicted molar refractivity (Wildman–Crippen MR) is 107 cm³/mol. The Balaban J connectivity index is 1.79. The molecule has 0 spiro atoms. The van der Waals surface area contributed by atoms with Crippen LogP contribution < -0.4 is 21.1 Å². The molecule has 1 saturated heterocycles. The normalized spacial score (nSPS) is 15.8. The van der Waals surface area contributed by atoms with E-state index in [1.54, 1.807) is 38.3 Å². The number of aryl methyl sites for hydroxylation is 1. The fraction of sp³-hybridized carbons (Fsp3) is 0.368. The largest absolute Gasteiger partial charge is 0.497 e. The van der Waals surface area contributed by atoms with Crippen LogP contribution >= 0.6 is 0 Å². The molecule has 4 N–H and O–H groups in total. The molecule has 1 aromatic heterocycles. The molecule has 0 aliphatic carbocycles. The molecule has 4 amide bonds. The van der Waals surface area contributed by atoms with Crippen molar-refractivity contribution >= 4 is 23.5 Å². The number of benzene rings is 1. The van der Waals surface area contributed by atoms with Gasteiger partial charge in [0.25, 0.3) is 11.8 Å². The lowest BCUT2D eigenvalue weighted by atomic mass is 10.3. The van der Waals surface area contributed by atoms with E-state index in [0.29, 0.717) is 17.2 Å². The number of ether oxygens (including phenoxy) is 1. The van der Waals surface area contributed by atoms with Gasteiger partial charge in [0.2, 0.25) is 0 Å². The summed E-state index contributed by atoms with van der Waals surface area (Å²) in [5.74, 6) is 0.111. The minimum atomic E-state index is -1.14. The van der Waals surface area contributed by atoms with Crippen LogP contribution in [0.1, 0.15) is 16.2 Å². The van der Waals surface area contributed by atoms with Gasteiger partial charge in [-0.3, -0.25) is 14.5 Å². The second-order valence-electron chi connectivity index (χ2n) is 6.63. The third kappa shape index (κ3) is 4.51. The van der Waals surface area contributed by atoms with Gasteiger partial charge < -0.3 is 30.5 Å². The molecule has 30 heavy (non-hydrogen) atoms. The van der Waals surface area contributed by atoms with E-state index >= 15 is 0 Å². The zero-order valence-corrected chi connectivity index (χ0v) is 16.8. The zero-order valence-electron chi connectivity index (χ0n) is 16.8. The molecule has 2 heterocycles. The highest BCUT2D eigenvalue weighted by atomic mass is 16.5. The van der Waals surface area contributed by atoms with Crippen LogP contribution in [0.4, 0.5) is 10.5 Å². The SMILES string of the molecule is COc1ccc(NC(=O)N2CCN(C(=O)c3cc(C)on3)C2C(=O)NCCN)cc1. The fourth-order valence-electron chi connectivity index (χ4n) is 3.11. The predicted octanol–water partition coefficient (Wildman–Crippen LogP) is 0.383. The maximum atomic E-state index is 12.9. The molecule has 1 unspecified atom stereocenters. The molecule has 2 aromatic rings. The Morgan fingerprint density at radius 1 is 1.23 bits per heavy atom. The molecule has 11 nitrogen and oxygen atoms in total. The summed E-state index contributed by atoms with van der Waals surface area (Å²) in [6.45, 7) is 2.45. The lowest BCUT2D eigenvalue weighted by Gasteiger charge is -2.28. The molecule has 0 radical (unpaired) electrons. The van der Waals surface area contributed by atoms with Gasteiger partial charge in [-0.15, -0.1) is 0 Å².